The minimum absolute atomic E-state index is 0.721. The number of thiazole rings is 1. The average molecular weight is 263 g/mol. The zero-order chi connectivity index (χ0) is 13.1. The first-order valence-electron chi connectivity index (χ1n) is 5.65. The van der Waals surface area contributed by atoms with Gasteiger partial charge in [0.2, 0.25) is 0 Å². The van der Waals surface area contributed by atoms with Crippen molar-refractivity contribution < 1.29 is 4.74 Å². The lowest BCUT2D eigenvalue weighted by Crippen LogP contribution is -2.17. The number of nitrogen functional groups attached to an aromatic ring is 1. The van der Waals surface area contributed by atoms with E-state index < -0.39 is 0 Å². The number of nitrogens with two attached hydrogens (primary N) is 1. The summed E-state index contributed by atoms with van der Waals surface area (Å²) in [6.07, 6.45) is 0. The van der Waals surface area contributed by atoms with E-state index in [1.54, 1.807) is 18.4 Å². The fraction of sp³-hybridized carbons (Fsp3) is 0.308. The molecule has 0 saturated carbocycles. The summed E-state index contributed by atoms with van der Waals surface area (Å²) in [7, 11) is 3.66. The Morgan fingerprint density at radius 3 is 2.78 bits per heavy atom. The molecule has 0 atom stereocenters. The Morgan fingerprint density at radius 2 is 2.22 bits per heavy atom. The Morgan fingerprint density at radius 1 is 1.44 bits per heavy atom. The van der Waals surface area contributed by atoms with Gasteiger partial charge in [-0.1, -0.05) is 0 Å². The quantitative estimate of drug-likeness (QED) is 0.862. The molecule has 2 rings (SSSR count). The van der Waals surface area contributed by atoms with Crippen LogP contribution in [0.4, 0.5) is 11.4 Å². The van der Waals surface area contributed by atoms with Gasteiger partial charge in [-0.3, -0.25) is 0 Å². The third-order valence-corrected chi connectivity index (χ3v) is 3.79. The van der Waals surface area contributed by atoms with E-state index in [0.717, 1.165) is 29.4 Å². The lowest BCUT2D eigenvalue weighted by Gasteiger charge is -2.21. The summed E-state index contributed by atoms with van der Waals surface area (Å²) in [5.41, 5.74) is 10.7. The highest BCUT2D eigenvalue weighted by Gasteiger charge is 2.09. The number of nitrogens with zero attached hydrogens (tertiary/aromatic N) is 2. The molecular weight excluding hydrogens is 246 g/mol. The van der Waals surface area contributed by atoms with Crippen LogP contribution >= 0.6 is 11.3 Å². The minimum Gasteiger partial charge on any atom is -0.497 e. The summed E-state index contributed by atoms with van der Waals surface area (Å²) in [5, 5.41) is 0. The maximum absolute atomic E-state index is 6.03. The number of anilines is 2. The van der Waals surface area contributed by atoms with Gasteiger partial charge >= 0.3 is 0 Å². The van der Waals surface area contributed by atoms with Gasteiger partial charge in [-0.2, -0.15) is 0 Å². The van der Waals surface area contributed by atoms with Gasteiger partial charge in [-0.25, -0.2) is 4.98 Å². The molecule has 0 fully saturated rings. The molecule has 1 heterocycles. The predicted molar refractivity (Wildman–Crippen MR) is 76.4 cm³/mol. The summed E-state index contributed by atoms with van der Waals surface area (Å²) in [6.45, 7) is 2.84. The van der Waals surface area contributed by atoms with Crippen LogP contribution in [0.25, 0.3) is 0 Å². The van der Waals surface area contributed by atoms with E-state index in [4.69, 9.17) is 10.5 Å². The summed E-state index contributed by atoms with van der Waals surface area (Å²) in [6, 6.07) is 5.73. The fourth-order valence-electron chi connectivity index (χ4n) is 1.79. The molecular formula is C13H17N3OS. The number of hydrogen-bond acceptors (Lipinski definition) is 5. The predicted octanol–water partition coefficient (Wildman–Crippen LogP) is 2.68. The van der Waals surface area contributed by atoms with Crippen LogP contribution < -0.4 is 15.4 Å². The van der Waals surface area contributed by atoms with Gasteiger partial charge in [0.15, 0.2) is 0 Å². The highest BCUT2D eigenvalue weighted by atomic mass is 32.1. The number of benzene rings is 1. The highest BCUT2D eigenvalue weighted by Crippen LogP contribution is 2.28. The molecule has 0 bridgehead atoms. The number of ether oxygens (including phenoxy) is 1. The SMILES string of the molecule is COc1ccc(N(C)Cc2scnc2C)c(N)c1. The molecule has 1 aromatic heterocycles. The molecule has 0 amide bonds. The lowest BCUT2D eigenvalue weighted by molar-refractivity contribution is 0.415. The first-order valence-corrected chi connectivity index (χ1v) is 6.53. The van der Waals surface area contributed by atoms with Gasteiger partial charge in [-0.05, 0) is 19.1 Å². The van der Waals surface area contributed by atoms with Crippen LogP contribution in [0.1, 0.15) is 10.6 Å². The molecule has 1 aromatic carbocycles. The molecule has 0 aliphatic rings. The van der Waals surface area contributed by atoms with E-state index in [1.165, 1.54) is 4.88 Å². The molecule has 4 nitrogen and oxygen atoms in total. The number of hydrogen-bond donors (Lipinski definition) is 1. The van der Waals surface area contributed by atoms with Gasteiger partial charge in [0.1, 0.15) is 5.75 Å². The molecule has 96 valence electrons. The molecule has 2 N–H and O–H groups in total. The molecule has 2 aromatic rings. The van der Waals surface area contributed by atoms with Crippen molar-refractivity contribution >= 4 is 22.7 Å². The van der Waals surface area contributed by atoms with Crippen molar-refractivity contribution in [2.24, 2.45) is 0 Å². The van der Waals surface area contributed by atoms with E-state index in [9.17, 15) is 0 Å². The van der Waals surface area contributed by atoms with Crippen molar-refractivity contribution in [2.75, 3.05) is 24.8 Å². The Labute approximate surface area is 111 Å². The van der Waals surface area contributed by atoms with Crippen LogP contribution in [0.5, 0.6) is 5.75 Å². The largest absolute Gasteiger partial charge is 0.497 e. The van der Waals surface area contributed by atoms with E-state index >= 15 is 0 Å². The van der Waals surface area contributed by atoms with Gasteiger partial charge < -0.3 is 15.4 Å². The van der Waals surface area contributed by atoms with Crippen LogP contribution in [-0.4, -0.2) is 19.1 Å². The van der Waals surface area contributed by atoms with Crippen LogP contribution in [0.15, 0.2) is 23.7 Å². The summed E-state index contributed by atoms with van der Waals surface area (Å²) in [4.78, 5) is 7.63. The first-order chi connectivity index (χ1) is 8.61. The average Bonchev–Trinajstić information content (AvgIpc) is 2.74. The lowest BCUT2D eigenvalue weighted by atomic mass is 10.2. The van der Waals surface area contributed by atoms with Crippen molar-refractivity contribution in [2.45, 2.75) is 13.5 Å². The normalized spacial score (nSPS) is 10.4. The van der Waals surface area contributed by atoms with Crippen molar-refractivity contribution in [1.82, 2.24) is 4.98 Å². The Balaban J connectivity index is 2.19. The second-order valence-electron chi connectivity index (χ2n) is 4.14. The van der Waals surface area contributed by atoms with Gasteiger partial charge in [-0.15, -0.1) is 11.3 Å². The summed E-state index contributed by atoms with van der Waals surface area (Å²) >= 11 is 1.67. The number of rotatable bonds is 4. The Hall–Kier alpha value is -1.75. The van der Waals surface area contributed by atoms with Crippen LogP contribution in [-0.2, 0) is 6.54 Å². The summed E-state index contributed by atoms with van der Waals surface area (Å²) < 4.78 is 5.15. The monoisotopic (exact) mass is 263 g/mol. The van der Waals surface area contributed by atoms with Crippen molar-refractivity contribution in [3.8, 4) is 5.75 Å². The standard InChI is InChI=1S/C13H17N3OS/c1-9-13(18-8-15-9)7-16(2)12-5-4-10(17-3)6-11(12)14/h4-6,8H,7,14H2,1-3H3. The second kappa shape index (κ2) is 5.27. The van der Waals surface area contributed by atoms with Crippen molar-refractivity contribution in [3.05, 3.63) is 34.3 Å². The maximum atomic E-state index is 6.03. The minimum atomic E-state index is 0.721. The van der Waals surface area contributed by atoms with E-state index in [2.05, 4.69) is 9.88 Å². The zero-order valence-corrected chi connectivity index (χ0v) is 11.6. The first kappa shape index (κ1) is 12.7. The van der Waals surface area contributed by atoms with Crippen LogP contribution in [0.3, 0.4) is 0 Å². The summed E-state index contributed by atoms with van der Waals surface area (Å²) in [5.74, 6) is 0.777. The molecule has 0 spiro atoms. The third kappa shape index (κ3) is 2.56. The van der Waals surface area contributed by atoms with Gasteiger partial charge in [0, 0.05) is 18.0 Å². The second-order valence-corrected chi connectivity index (χ2v) is 5.08. The number of aryl methyl sites for hydroxylation is 1. The molecule has 18 heavy (non-hydrogen) atoms. The highest BCUT2D eigenvalue weighted by molar-refractivity contribution is 7.09. The third-order valence-electron chi connectivity index (χ3n) is 2.87. The van der Waals surface area contributed by atoms with Crippen LogP contribution in [0, 0.1) is 6.92 Å². The Kier molecular flexibility index (Phi) is 3.72. The van der Waals surface area contributed by atoms with Gasteiger partial charge in [0.05, 0.1) is 36.2 Å². The molecule has 0 radical (unpaired) electrons. The maximum Gasteiger partial charge on any atom is 0.121 e. The fourth-order valence-corrected chi connectivity index (χ4v) is 2.62. The number of methoxy groups -OCH3 is 1. The van der Waals surface area contributed by atoms with E-state index in [-0.39, 0.29) is 0 Å². The van der Waals surface area contributed by atoms with Crippen molar-refractivity contribution in [1.29, 1.82) is 0 Å². The Bertz CT molecular complexity index is 539. The van der Waals surface area contributed by atoms with Crippen LogP contribution in [0.2, 0.25) is 0 Å². The molecule has 5 heteroatoms. The topological polar surface area (TPSA) is 51.4 Å². The van der Waals surface area contributed by atoms with Crippen molar-refractivity contribution in [3.63, 3.8) is 0 Å². The van der Waals surface area contributed by atoms with E-state index in [0.29, 0.717) is 0 Å². The van der Waals surface area contributed by atoms with E-state index in [1.807, 2.05) is 37.7 Å². The number of aromatic nitrogens is 1. The molecule has 0 aliphatic heterocycles. The molecule has 0 unspecified atom stereocenters. The molecule has 0 saturated heterocycles. The molecule has 0 aliphatic carbocycles. The zero-order valence-electron chi connectivity index (χ0n) is 10.8. The smallest absolute Gasteiger partial charge is 0.121 e. The van der Waals surface area contributed by atoms with Gasteiger partial charge in [0.25, 0.3) is 0 Å².